The van der Waals surface area contributed by atoms with Crippen molar-refractivity contribution >= 4 is 7.60 Å². The van der Waals surface area contributed by atoms with Gasteiger partial charge in [-0.2, -0.15) is 0 Å². The molecule has 0 aliphatic carbocycles. The van der Waals surface area contributed by atoms with Gasteiger partial charge < -0.3 is 13.5 Å². The van der Waals surface area contributed by atoms with E-state index in [1.165, 1.54) is 6.07 Å². The fourth-order valence-electron chi connectivity index (χ4n) is 1.46. The molecule has 0 atom stereocenters. The molecule has 96 valence electrons. The van der Waals surface area contributed by atoms with Gasteiger partial charge in [-0.1, -0.05) is 0 Å². The second-order valence-electron chi connectivity index (χ2n) is 3.52. The summed E-state index contributed by atoms with van der Waals surface area (Å²) in [7, 11) is -3.21. The fraction of sp³-hybridized carbons (Fsp3) is 0.545. The van der Waals surface area contributed by atoms with E-state index in [-0.39, 0.29) is 19.4 Å². The highest BCUT2D eigenvalue weighted by atomic mass is 31.2. The highest BCUT2D eigenvalue weighted by Crippen LogP contribution is 2.51. The van der Waals surface area contributed by atoms with Crippen molar-refractivity contribution in [3.63, 3.8) is 0 Å². The molecule has 1 aromatic heterocycles. The van der Waals surface area contributed by atoms with Crippen LogP contribution in [0.3, 0.4) is 0 Å². The van der Waals surface area contributed by atoms with Crippen molar-refractivity contribution in [3.8, 4) is 0 Å². The van der Waals surface area contributed by atoms with Gasteiger partial charge in [0.15, 0.2) is 0 Å². The van der Waals surface area contributed by atoms with Gasteiger partial charge in [0, 0.05) is 6.07 Å². The van der Waals surface area contributed by atoms with Crippen molar-refractivity contribution in [2.45, 2.75) is 26.9 Å². The maximum Gasteiger partial charge on any atom is 0.338 e. The highest BCUT2D eigenvalue weighted by Gasteiger charge is 2.25. The van der Waals surface area contributed by atoms with Gasteiger partial charge in [-0.15, -0.1) is 0 Å². The summed E-state index contributed by atoms with van der Waals surface area (Å²) in [5, 5.41) is 0. The van der Waals surface area contributed by atoms with E-state index in [4.69, 9.17) is 13.5 Å². The molecule has 0 bridgehead atoms. The zero-order valence-electron chi connectivity index (χ0n) is 10.3. The molecule has 1 rings (SSSR count). The molecule has 0 aliphatic rings. The van der Waals surface area contributed by atoms with Crippen LogP contribution in [0.5, 0.6) is 0 Å². The lowest BCUT2D eigenvalue weighted by Gasteiger charge is -2.16. The average Bonchev–Trinajstić information content (AvgIpc) is 2.15. The molecule has 0 fully saturated rings. The van der Waals surface area contributed by atoms with Gasteiger partial charge in [0.1, 0.15) is 11.9 Å². The SMILES string of the molecule is CCOP(=O)(Cc1cc(C)cc(=O)o1)OCC. The smallest absolute Gasteiger partial charge is 0.338 e. The zero-order valence-corrected chi connectivity index (χ0v) is 11.2. The fourth-order valence-corrected chi connectivity index (χ4v) is 3.04. The normalized spacial score (nSPS) is 11.7. The number of aryl methyl sites for hydroxylation is 1. The highest BCUT2D eigenvalue weighted by molar-refractivity contribution is 7.53. The maximum absolute atomic E-state index is 12.2. The minimum absolute atomic E-state index is 0.0222. The Kier molecular flexibility index (Phi) is 5.12. The Morgan fingerprint density at radius 3 is 2.29 bits per heavy atom. The summed E-state index contributed by atoms with van der Waals surface area (Å²) >= 11 is 0. The van der Waals surface area contributed by atoms with E-state index in [1.807, 2.05) is 0 Å². The summed E-state index contributed by atoms with van der Waals surface area (Å²) in [6.45, 7) is 5.81. The molecule has 1 aromatic rings. The van der Waals surface area contributed by atoms with Crippen LogP contribution in [0.4, 0.5) is 0 Å². The molecule has 0 saturated carbocycles. The van der Waals surface area contributed by atoms with E-state index in [2.05, 4.69) is 0 Å². The van der Waals surface area contributed by atoms with E-state index in [9.17, 15) is 9.36 Å². The van der Waals surface area contributed by atoms with Crippen molar-refractivity contribution in [2.75, 3.05) is 13.2 Å². The van der Waals surface area contributed by atoms with Crippen molar-refractivity contribution in [1.82, 2.24) is 0 Å². The monoisotopic (exact) mass is 260 g/mol. The second-order valence-corrected chi connectivity index (χ2v) is 5.58. The van der Waals surface area contributed by atoms with Gasteiger partial charge in [-0.3, -0.25) is 4.57 Å². The molecule has 0 saturated heterocycles. The van der Waals surface area contributed by atoms with Crippen LogP contribution in [0, 0.1) is 6.92 Å². The van der Waals surface area contributed by atoms with Crippen LogP contribution >= 0.6 is 7.60 Å². The number of hydrogen-bond acceptors (Lipinski definition) is 5. The zero-order chi connectivity index (χ0) is 12.9. The summed E-state index contributed by atoms with van der Waals surface area (Å²) < 4.78 is 27.4. The molecule has 0 radical (unpaired) electrons. The summed E-state index contributed by atoms with van der Waals surface area (Å²) in [5.41, 5.74) is 0.301. The lowest BCUT2D eigenvalue weighted by Crippen LogP contribution is -2.04. The maximum atomic E-state index is 12.2. The van der Waals surface area contributed by atoms with Crippen LogP contribution in [0.25, 0.3) is 0 Å². The number of rotatable bonds is 6. The first-order chi connectivity index (χ1) is 7.99. The summed E-state index contributed by atoms with van der Waals surface area (Å²) in [6.07, 6.45) is -0.0222. The van der Waals surface area contributed by atoms with Gasteiger partial charge >= 0.3 is 13.2 Å². The van der Waals surface area contributed by atoms with Gasteiger partial charge in [-0.05, 0) is 32.4 Å². The molecule has 0 aliphatic heterocycles. The topological polar surface area (TPSA) is 65.7 Å². The largest absolute Gasteiger partial charge is 0.427 e. The van der Waals surface area contributed by atoms with Crippen molar-refractivity contribution < 1.29 is 18.0 Å². The minimum atomic E-state index is -3.21. The molecular weight excluding hydrogens is 243 g/mol. The Balaban J connectivity index is 2.93. The number of hydrogen-bond donors (Lipinski definition) is 0. The Hall–Kier alpha value is -0.900. The summed E-state index contributed by atoms with van der Waals surface area (Å²) in [4.78, 5) is 11.2. The van der Waals surface area contributed by atoms with Crippen LogP contribution < -0.4 is 5.63 Å². The Bertz CT molecular complexity index is 455. The van der Waals surface area contributed by atoms with Crippen LogP contribution in [0.1, 0.15) is 25.2 Å². The van der Waals surface area contributed by atoms with Crippen LogP contribution in [-0.2, 0) is 19.8 Å². The first-order valence-electron chi connectivity index (χ1n) is 5.48. The molecular formula is C11H17O5P. The van der Waals surface area contributed by atoms with E-state index in [0.29, 0.717) is 5.76 Å². The first-order valence-corrected chi connectivity index (χ1v) is 7.20. The standard InChI is InChI=1S/C11H17O5P/c1-4-14-17(13,15-5-2)8-10-6-9(3)7-11(12)16-10/h6-7H,4-5,8H2,1-3H3. The van der Waals surface area contributed by atoms with Crippen molar-refractivity contribution in [1.29, 1.82) is 0 Å². The predicted molar refractivity (Wildman–Crippen MR) is 64.3 cm³/mol. The first kappa shape index (κ1) is 14.2. The molecule has 0 N–H and O–H groups in total. The summed E-state index contributed by atoms with van der Waals surface area (Å²) in [6, 6.07) is 3.03. The Labute approximate surface area is 100 Å². The van der Waals surface area contributed by atoms with E-state index in [0.717, 1.165) is 5.56 Å². The molecule has 17 heavy (non-hydrogen) atoms. The molecule has 0 spiro atoms. The third-order valence-corrected chi connectivity index (χ3v) is 3.97. The molecule has 0 aromatic carbocycles. The second kappa shape index (κ2) is 6.15. The molecule has 0 unspecified atom stereocenters. The van der Waals surface area contributed by atoms with Gasteiger partial charge in [-0.25, -0.2) is 4.79 Å². The Morgan fingerprint density at radius 1 is 1.24 bits per heavy atom. The molecule has 0 amide bonds. The van der Waals surface area contributed by atoms with Crippen LogP contribution in [0.2, 0.25) is 0 Å². The predicted octanol–water partition coefficient (Wildman–Crippen LogP) is 2.71. The van der Waals surface area contributed by atoms with Gasteiger partial charge in [0.2, 0.25) is 0 Å². The van der Waals surface area contributed by atoms with E-state index >= 15 is 0 Å². The van der Waals surface area contributed by atoms with Crippen molar-refractivity contribution in [2.24, 2.45) is 0 Å². The van der Waals surface area contributed by atoms with E-state index < -0.39 is 13.2 Å². The average molecular weight is 260 g/mol. The molecule has 1 heterocycles. The van der Waals surface area contributed by atoms with Crippen LogP contribution in [-0.4, -0.2) is 13.2 Å². The molecule has 5 nitrogen and oxygen atoms in total. The van der Waals surface area contributed by atoms with E-state index in [1.54, 1.807) is 26.8 Å². The van der Waals surface area contributed by atoms with Gasteiger partial charge in [0.05, 0.1) is 13.2 Å². The van der Waals surface area contributed by atoms with Crippen LogP contribution in [0.15, 0.2) is 21.3 Å². The van der Waals surface area contributed by atoms with Crippen molar-refractivity contribution in [3.05, 3.63) is 33.9 Å². The third-order valence-electron chi connectivity index (χ3n) is 1.97. The minimum Gasteiger partial charge on any atom is -0.427 e. The quantitative estimate of drug-likeness (QED) is 0.736. The summed E-state index contributed by atoms with van der Waals surface area (Å²) in [5.74, 6) is 0.320. The lowest BCUT2D eigenvalue weighted by molar-refractivity contribution is 0.217. The molecule has 6 heteroatoms. The van der Waals surface area contributed by atoms with Gasteiger partial charge in [0.25, 0.3) is 0 Å². The third kappa shape index (κ3) is 4.46. The lowest BCUT2D eigenvalue weighted by atomic mass is 10.3. The Morgan fingerprint density at radius 2 is 1.82 bits per heavy atom.